The van der Waals surface area contributed by atoms with Gasteiger partial charge in [0.15, 0.2) is 0 Å². The van der Waals surface area contributed by atoms with Gasteiger partial charge in [0.25, 0.3) is 0 Å². The van der Waals surface area contributed by atoms with E-state index in [1.165, 1.54) is 17.5 Å². The van der Waals surface area contributed by atoms with Crippen LogP contribution in [-0.4, -0.2) is 5.11 Å². The number of aromatic hydroxyl groups is 1. The fraction of sp³-hybridized carbons (Fsp3) is 0.571. The van der Waals surface area contributed by atoms with Crippen LogP contribution < -0.4 is 0 Å². The lowest BCUT2D eigenvalue weighted by atomic mass is 9.63. The minimum absolute atomic E-state index is 0.176. The van der Waals surface area contributed by atoms with Crippen molar-refractivity contribution in [3.05, 3.63) is 29.3 Å². The van der Waals surface area contributed by atoms with Crippen molar-refractivity contribution in [3.63, 3.8) is 0 Å². The van der Waals surface area contributed by atoms with E-state index in [4.69, 9.17) is 0 Å². The van der Waals surface area contributed by atoms with Gasteiger partial charge >= 0.3 is 0 Å². The fourth-order valence-corrected chi connectivity index (χ4v) is 3.22. The molecule has 82 valence electrons. The number of hydrogen-bond donors (Lipinski definition) is 1. The van der Waals surface area contributed by atoms with Gasteiger partial charge in [-0.05, 0) is 46.9 Å². The zero-order valence-corrected chi connectivity index (χ0v) is 10.1. The first kappa shape index (κ1) is 10.5. The third-order valence-corrected chi connectivity index (χ3v) is 3.41. The highest BCUT2D eigenvalue weighted by Gasteiger charge is 2.37. The smallest absolute Gasteiger partial charge is 0.115 e. The van der Waals surface area contributed by atoms with Gasteiger partial charge in [-0.25, -0.2) is 0 Å². The van der Waals surface area contributed by atoms with Crippen molar-refractivity contribution in [1.29, 1.82) is 0 Å². The highest BCUT2D eigenvalue weighted by atomic mass is 16.3. The Balaban J connectivity index is 2.55. The molecule has 1 aromatic rings. The third-order valence-electron chi connectivity index (χ3n) is 3.41. The molecule has 1 aromatic carbocycles. The second kappa shape index (κ2) is 3.01. The Morgan fingerprint density at radius 2 is 1.80 bits per heavy atom. The minimum Gasteiger partial charge on any atom is -0.508 e. The molecule has 2 rings (SSSR count). The van der Waals surface area contributed by atoms with Gasteiger partial charge in [-0.15, -0.1) is 0 Å². The second-order valence-corrected chi connectivity index (χ2v) is 6.24. The Labute approximate surface area is 92.1 Å². The lowest BCUT2D eigenvalue weighted by molar-refractivity contribution is 0.231. The van der Waals surface area contributed by atoms with Crippen molar-refractivity contribution in [2.45, 2.75) is 46.0 Å². The van der Waals surface area contributed by atoms with Crippen molar-refractivity contribution in [3.8, 4) is 5.75 Å². The second-order valence-electron chi connectivity index (χ2n) is 6.24. The van der Waals surface area contributed by atoms with Gasteiger partial charge in [0, 0.05) is 0 Å². The van der Waals surface area contributed by atoms with Crippen molar-refractivity contribution < 1.29 is 5.11 Å². The van der Waals surface area contributed by atoms with Gasteiger partial charge in [0.05, 0.1) is 0 Å². The van der Waals surface area contributed by atoms with Gasteiger partial charge in [0.2, 0.25) is 0 Å². The maximum atomic E-state index is 9.55. The van der Waals surface area contributed by atoms with Gasteiger partial charge < -0.3 is 5.11 Å². The van der Waals surface area contributed by atoms with Crippen molar-refractivity contribution in [1.82, 2.24) is 0 Å². The highest BCUT2D eigenvalue weighted by Crippen LogP contribution is 2.46. The fourth-order valence-electron chi connectivity index (χ4n) is 3.22. The van der Waals surface area contributed by atoms with Crippen LogP contribution in [0.15, 0.2) is 18.2 Å². The number of fused-ring (bicyclic) bond motifs is 1. The van der Waals surface area contributed by atoms with Crippen LogP contribution in [0.4, 0.5) is 0 Å². The molecule has 1 nitrogen and oxygen atoms in total. The normalized spacial score (nSPS) is 22.1. The molecule has 0 radical (unpaired) electrons. The lowest BCUT2D eigenvalue weighted by Crippen LogP contribution is -2.34. The minimum atomic E-state index is 0.176. The highest BCUT2D eigenvalue weighted by molar-refractivity contribution is 5.42. The first-order valence-corrected chi connectivity index (χ1v) is 5.63. The molecule has 1 aliphatic rings. The van der Waals surface area contributed by atoms with E-state index in [0.29, 0.717) is 11.2 Å². The first-order valence-electron chi connectivity index (χ1n) is 5.63. The standard InChI is InChI=1S/C14H20O/c1-13(2)8-10-5-6-11(15)7-12(10)14(3,4)9-13/h5-7,15H,8-9H2,1-4H3. The number of rotatable bonds is 0. The molecule has 0 saturated carbocycles. The SMILES string of the molecule is CC1(C)Cc2ccc(O)cc2C(C)(C)C1. The molecule has 1 N–H and O–H groups in total. The van der Waals surface area contributed by atoms with Crippen molar-refractivity contribution >= 4 is 0 Å². The summed E-state index contributed by atoms with van der Waals surface area (Å²) in [5, 5.41) is 9.55. The maximum Gasteiger partial charge on any atom is 0.115 e. The summed E-state index contributed by atoms with van der Waals surface area (Å²) in [6.07, 6.45) is 2.29. The molecule has 0 aliphatic heterocycles. The Hall–Kier alpha value is -0.980. The molecular formula is C14H20O. The third kappa shape index (κ3) is 1.88. The number of phenolic OH excluding ortho intramolecular Hbond substituents is 1. The van der Waals surface area contributed by atoms with Crippen LogP contribution in [-0.2, 0) is 11.8 Å². The zero-order valence-electron chi connectivity index (χ0n) is 10.1. The van der Waals surface area contributed by atoms with Crippen LogP contribution in [0, 0.1) is 5.41 Å². The molecule has 0 saturated heterocycles. The van der Waals surface area contributed by atoms with E-state index < -0.39 is 0 Å². The molecule has 0 atom stereocenters. The van der Waals surface area contributed by atoms with Crippen LogP contribution in [0.3, 0.4) is 0 Å². The predicted molar refractivity (Wildman–Crippen MR) is 63.2 cm³/mol. The molecular weight excluding hydrogens is 184 g/mol. The molecule has 0 heterocycles. The van der Waals surface area contributed by atoms with E-state index in [1.54, 1.807) is 6.07 Å². The van der Waals surface area contributed by atoms with Crippen molar-refractivity contribution in [2.75, 3.05) is 0 Å². The molecule has 0 bridgehead atoms. The van der Waals surface area contributed by atoms with E-state index in [0.717, 1.165) is 6.42 Å². The molecule has 0 unspecified atom stereocenters. The van der Waals surface area contributed by atoms with Crippen LogP contribution in [0.25, 0.3) is 0 Å². The first-order chi connectivity index (χ1) is 6.80. The largest absolute Gasteiger partial charge is 0.508 e. The van der Waals surface area contributed by atoms with Crippen molar-refractivity contribution in [2.24, 2.45) is 5.41 Å². The Kier molecular flexibility index (Phi) is 2.11. The van der Waals surface area contributed by atoms with E-state index in [2.05, 4.69) is 33.8 Å². The van der Waals surface area contributed by atoms with E-state index in [-0.39, 0.29) is 5.41 Å². The Morgan fingerprint density at radius 3 is 2.47 bits per heavy atom. The summed E-state index contributed by atoms with van der Waals surface area (Å²) in [4.78, 5) is 0. The quantitative estimate of drug-likeness (QED) is 0.684. The molecule has 15 heavy (non-hydrogen) atoms. The Morgan fingerprint density at radius 1 is 1.13 bits per heavy atom. The van der Waals surface area contributed by atoms with E-state index >= 15 is 0 Å². The van der Waals surface area contributed by atoms with Crippen LogP contribution in [0.5, 0.6) is 5.75 Å². The monoisotopic (exact) mass is 204 g/mol. The predicted octanol–water partition coefficient (Wildman–Crippen LogP) is 3.64. The lowest BCUT2D eigenvalue weighted by Gasteiger charge is -2.42. The average Bonchev–Trinajstić information content (AvgIpc) is 2.03. The molecule has 1 aliphatic carbocycles. The summed E-state index contributed by atoms with van der Waals surface area (Å²) in [5.41, 5.74) is 3.26. The number of phenols is 1. The van der Waals surface area contributed by atoms with Gasteiger partial charge in [-0.3, -0.25) is 0 Å². The molecule has 0 aromatic heterocycles. The van der Waals surface area contributed by atoms with Crippen LogP contribution in [0.1, 0.15) is 45.2 Å². The molecule has 1 heteroatoms. The molecule has 0 fully saturated rings. The van der Waals surface area contributed by atoms with E-state index in [9.17, 15) is 5.11 Å². The van der Waals surface area contributed by atoms with Crippen LogP contribution in [0.2, 0.25) is 0 Å². The van der Waals surface area contributed by atoms with Crippen LogP contribution >= 0.6 is 0 Å². The van der Waals surface area contributed by atoms with E-state index in [1.807, 2.05) is 6.07 Å². The molecule has 0 amide bonds. The average molecular weight is 204 g/mol. The summed E-state index contributed by atoms with van der Waals surface area (Å²) in [7, 11) is 0. The maximum absolute atomic E-state index is 9.55. The summed E-state index contributed by atoms with van der Waals surface area (Å²) in [6.45, 7) is 9.19. The topological polar surface area (TPSA) is 20.2 Å². The number of benzene rings is 1. The zero-order chi connectivity index (χ0) is 11.3. The number of hydrogen-bond acceptors (Lipinski definition) is 1. The summed E-state index contributed by atoms with van der Waals surface area (Å²) >= 11 is 0. The summed E-state index contributed by atoms with van der Waals surface area (Å²) < 4.78 is 0. The van der Waals surface area contributed by atoms with Gasteiger partial charge in [0.1, 0.15) is 5.75 Å². The molecule has 0 spiro atoms. The van der Waals surface area contributed by atoms with Gasteiger partial charge in [-0.1, -0.05) is 33.8 Å². The van der Waals surface area contributed by atoms with Gasteiger partial charge in [-0.2, -0.15) is 0 Å². The summed E-state index contributed by atoms with van der Waals surface area (Å²) in [5.74, 6) is 0.390. The summed E-state index contributed by atoms with van der Waals surface area (Å²) in [6, 6.07) is 5.81. The Bertz CT molecular complexity index is 388.